The number of halogens is 2. The molecule has 21 heavy (non-hydrogen) atoms. The Balaban J connectivity index is 2.00. The smallest absolute Gasteiger partial charge is 0.145 e. The molecule has 0 atom stereocenters. The highest BCUT2D eigenvalue weighted by molar-refractivity contribution is 6.30. The maximum Gasteiger partial charge on any atom is 0.145 e. The Morgan fingerprint density at radius 3 is 2.86 bits per heavy atom. The molecule has 2 aromatic rings. The van der Waals surface area contributed by atoms with Crippen molar-refractivity contribution in [2.24, 2.45) is 0 Å². The third kappa shape index (κ3) is 2.78. The zero-order valence-corrected chi connectivity index (χ0v) is 12.8. The van der Waals surface area contributed by atoms with Gasteiger partial charge in [0.25, 0.3) is 0 Å². The number of fused-ring (bicyclic) bond motifs is 1. The average Bonchev–Trinajstić information content (AvgIpc) is 2.91. The average molecular weight is 306 g/mol. The van der Waals surface area contributed by atoms with Gasteiger partial charge in [-0.15, -0.1) is 0 Å². The van der Waals surface area contributed by atoms with Crippen LogP contribution in [-0.4, -0.2) is 9.97 Å². The van der Waals surface area contributed by atoms with Gasteiger partial charge in [0.1, 0.15) is 11.6 Å². The Kier molecular flexibility index (Phi) is 3.91. The monoisotopic (exact) mass is 305 g/mol. The van der Waals surface area contributed by atoms with Crippen molar-refractivity contribution in [3.63, 3.8) is 0 Å². The number of aromatic nitrogens is 2. The van der Waals surface area contributed by atoms with Crippen molar-refractivity contribution in [1.29, 1.82) is 0 Å². The maximum absolute atomic E-state index is 14.0. The van der Waals surface area contributed by atoms with Crippen LogP contribution in [0.5, 0.6) is 0 Å². The van der Waals surface area contributed by atoms with Crippen LogP contribution in [0.1, 0.15) is 48.1 Å². The molecule has 0 spiro atoms. The number of hydrogen-bond acceptors (Lipinski definition) is 3. The van der Waals surface area contributed by atoms with Gasteiger partial charge in [0.05, 0.1) is 16.4 Å². The standard InChI is InChI=1S/C16H17ClFN3/c1-9(2)16-11-7-19-8-13(11)20-14(21-16)6-10-4-3-5-12(17)15(10)18/h3-5,9,19H,6-8H2,1-2H3. The van der Waals surface area contributed by atoms with Crippen molar-refractivity contribution in [2.45, 2.75) is 39.3 Å². The normalized spacial score (nSPS) is 13.8. The Morgan fingerprint density at radius 2 is 2.10 bits per heavy atom. The first-order valence-corrected chi connectivity index (χ1v) is 7.46. The summed E-state index contributed by atoms with van der Waals surface area (Å²) in [5, 5.41) is 3.44. The highest BCUT2D eigenvalue weighted by Crippen LogP contribution is 2.25. The van der Waals surface area contributed by atoms with Gasteiger partial charge in [0, 0.05) is 25.1 Å². The number of hydrogen-bond donors (Lipinski definition) is 1. The third-order valence-corrected chi connectivity index (χ3v) is 3.98. The molecule has 3 nitrogen and oxygen atoms in total. The molecule has 1 aromatic carbocycles. The number of rotatable bonds is 3. The predicted molar refractivity (Wildman–Crippen MR) is 80.9 cm³/mol. The van der Waals surface area contributed by atoms with Crippen LogP contribution in [0.2, 0.25) is 5.02 Å². The second-order valence-corrected chi connectivity index (χ2v) is 6.01. The lowest BCUT2D eigenvalue weighted by atomic mass is 10.0. The van der Waals surface area contributed by atoms with E-state index in [1.54, 1.807) is 18.2 Å². The van der Waals surface area contributed by atoms with Crippen molar-refractivity contribution >= 4 is 11.6 Å². The Hall–Kier alpha value is -1.52. The Bertz CT molecular complexity index is 685. The summed E-state index contributed by atoms with van der Waals surface area (Å²) in [5.41, 5.74) is 3.82. The highest BCUT2D eigenvalue weighted by atomic mass is 35.5. The summed E-state index contributed by atoms with van der Waals surface area (Å²) >= 11 is 5.83. The van der Waals surface area contributed by atoms with Gasteiger partial charge in [-0.25, -0.2) is 14.4 Å². The first-order chi connectivity index (χ1) is 10.1. The minimum Gasteiger partial charge on any atom is -0.307 e. The maximum atomic E-state index is 14.0. The SMILES string of the molecule is CC(C)c1nc(Cc2cccc(Cl)c2F)nc2c1CNC2. The molecule has 1 aliphatic heterocycles. The second kappa shape index (κ2) is 5.70. The molecule has 5 heteroatoms. The van der Waals surface area contributed by atoms with E-state index in [9.17, 15) is 4.39 Å². The fourth-order valence-corrected chi connectivity index (χ4v) is 2.85. The molecule has 1 aliphatic rings. The molecule has 0 saturated carbocycles. The van der Waals surface area contributed by atoms with Gasteiger partial charge in [0.2, 0.25) is 0 Å². The molecule has 0 fully saturated rings. The van der Waals surface area contributed by atoms with Crippen LogP contribution in [-0.2, 0) is 19.5 Å². The lowest BCUT2D eigenvalue weighted by Crippen LogP contribution is -2.08. The van der Waals surface area contributed by atoms with Crippen LogP contribution in [0.15, 0.2) is 18.2 Å². The summed E-state index contributed by atoms with van der Waals surface area (Å²) in [6.07, 6.45) is 0.361. The zero-order valence-electron chi connectivity index (χ0n) is 12.1. The fourth-order valence-electron chi connectivity index (χ4n) is 2.66. The van der Waals surface area contributed by atoms with Gasteiger partial charge in [0.15, 0.2) is 0 Å². The molecule has 110 valence electrons. The molecular formula is C16H17ClFN3. The van der Waals surface area contributed by atoms with Crippen LogP contribution in [0.25, 0.3) is 0 Å². The van der Waals surface area contributed by atoms with Crippen LogP contribution in [0, 0.1) is 5.82 Å². The molecule has 0 amide bonds. The minimum absolute atomic E-state index is 0.138. The van der Waals surface area contributed by atoms with Crippen LogP contribution in [0.3, 0.4) is 0 Å². The molecule has 1 aromatic heterocycles. The van der Waals surface area contributed by atoms with Crippen LogP contribution < -0.4 is 5.32 Å². The van der Waals surface area contributed by atoms with Gasteiger partial charge in [-0.05, 0) is 17.5 Å². The van der Waals surface area contributed by atoms with Crippen molar-refractivity contribution < 1.29 is 4.39 Å². The van der Waals surface area contributed by atoms with Crippen LogP contribution in [0.4, 0.5) is 4.39 Å². The highest BCUT2D eigenvalue weighted by Gasteiger charge is 2.21. The number of nitrogens with one attached hydrogen (secondary N) is 1. The summed E-state index contributed by atoms with van der Waals surface area (Å²) in [4.78, 5) is 9.23. The molecule has 2 heterocycles. The van der Waals surface area contributed by atoms with E-state index in [-0.39, 0.29) is 10.8 Å². The fraction of sp³-hybridized carbons (Fsp3) is 0.375. The van der Waals surface area contributed by atoms with E-state index >= 15 is 0 Å². The molecule has 0 bridgehead atoms. The second-order valence-electron chi connectivity index (χ2n) is 5.60. The Morgan fingerprint density at radius 1 is 1.29 bits per heavy atom. The van der Waals surface area contributed by atoms with Gasteiger partial charge in [-0.2, -0.15) is 0 Å². The summed E-state index contributed by atoms with van der Waals surface area (Å²) in [6, 6.07) is 5.03. The lowest BCUT2D eigenvalue weighted by Gasteiger charge is -2.12. The quantitative estimate of drug-likeness (QED) is 0.942. The van der Waals surface area contributed by atoms with E-state index in [0.29, 0.717) is 23.7 Å². The van der Waals surface area contributed by atoms with Gasteiger partial charge < -0.3 is 5.32 Å². The molecule has 0 saturated heterocycles. The first kappa shape index (κ1) is 14.4. The van der Waals surface area contributed by atoms with Crippen molar-refractivity contribution in [2.75, 3.05) is 0 Å². The molecule has 0 unspecified atom stereocenters. The van der Waals surface area contributed by atoms with Crippen molar-refractivity contribution in [3.8, 4) is 0 Å². The molecule has 0 radical (unpaired) electrons. The summed E-state index contributed by atoms with van der Waals surface area (Å²) in [7, 11) is 0. The number of nitrogens with zero attached hydrogens (tertiary/aromatic N) is 2. The van der Waals surface area contributed by atoms with E-state index in [0.717, 1.165) is 24.5 Å². The lowest BCUT2D eigenvalue weighted by molar-refractivity contribution is 0.611. The predicted octanol–water partition coefficient (Wildman–Crippen LogP) is 3.59. The van der Waals surface area contributed by atoms with Crippen molar-refractivity contribution in [1.82, 2.24) is 15.3 Å². The van der Waals surface area contributed by atoms with E-state index in [4.69, 9.17) is 11.6 Å². The summed E-state index contributed by atoms with van der Waals surface area (Å²) < 4.78 is 14.0. The van der Waals surface area contributed by atoms with Gasteiger partial charge in [-0.3, -0.25) is 0 Å². The molecule has 1 N–H and O–H groups in total. The molecule has 3 rings (SSSR count). The first-order valence-electron chi connectivity index (χ1n) is 7.08. The third-order valence-electron chi connectivity index (χ3n) is 3.69. The van der Waals surface area contributed by atoms with Crippen molar-refractivity contribution in [3.05, 3.63) is 57.4 Å². The van der Waals surface area contributed by atoms with Gasteiger partial charge in [-0.1, -0.05) is 37.6 Å². The zero-order chi connectivity index (χ0) is 15.0. The van der Waals surface area contributed by atoms with Crippen LogP contribution >= 0.6 is 11.6 Å². The van der Waals surface area contributed by atoms with E-state index in [1.165, 1.54) is 5.56 Å². The molecular weight excluding hydrogens is 289 g/mol. The van der Waals surface area contributed by atoms with E-state index in [2.05, 4.69) is 29.1 Å². The minimum atomic E-state index is -0.382. The van der Waals surface area contributed by atoms with E-state index < -0.39 is 0 Å². The van der Waals surface area contributed by atoms with E-state index in [1.807, 2.05) is 0 Å². The number of benzene rings is 1. The van der Waals surface area contributed by atoms with Gasteiger partial charge >= 0.3 is 0 Å². The summed E-state index contributed by atoms with van der Waals surface area (Å²) in [6.45, 7) is 5.80. The summed E-state index contributed by atoms with van der Waals surface area (Å²) in [5.74, 6) is 0.597. The molecule has 0 aliphatic carbocycles. The Labute approximate surface area is 128 Å². The topological polar surface area (TPSA) is 37.8 Å². The largest absolute Gasteiger partial charge is 0.307 e.